The molecule has 0 radical (unpaired) electrons. The summed E-state index contributed by atoms with van der Waals surface area (Å²) >= 11 is 0. The third-order valence-corrected chi connectivity index (χ3v) is 15.1. The topological polar surface area (TPSA) is 172 Å². The van der Waals surface area contributed by atoms with Crippen molar-refractivity contribution in [2.45, 2.75) is 98.7 Å². The molecule has 11 heterocycles. The van der Waals surface area contributed by atoms with Gasteiger partial charge in [0.2, 0.25) is 23.8 Å². The maximum absolute atomic E-state index is 15.3. The van der Waals surface area contributed by atoms with Crippen LogP contribution >= 0.6 is 0 Å². The highest BCUT2D eigenvalue weighted by Gasteiger charge is 2.51. The van der Waals surface area contributed by atoms with E-state index >= 15 is 17.6 Å². The summed E-state index contributed by atoms with van der Waals surface area (Å²) in [6.45, 7) is 2.11. The number of nitrogens with one attached hydrogen (secondary N) is 1. The summed E-state index contributed by atoms with van der Waals surface area (Å²) in [6, 6.07) is 13.9. The maximum Gasteiger partial charge on any atom is 0.330 e. The molecule has 0 spiro atoms. The first-order valence-corrected chi connectivity index (χ1v) is 24.0. The molecular weight excluding hydrogens is 915 g/mol. The van der Waals surface area contributed by atoms with Gasteiger partial charge in [-0.25, -0.2) is 22.4 Å². The number of amides is 2. The van der Waals surface area contributed by atoms with Gasteiger partial charge in [0.15, 0.2) is 11.6 Å². The van der Waals surface area contributed by atoms with Gasteiger partial charge in [-0.3, -0.25) is 9.88 Å². The zero-order valence-electron chi connectivity index (χ0n) is 37.8. The van der Waals surface area contributed by atoms with E-state index in [1.807, 2.05) is 19.6 Å². The van der Waals surface area contributed by atoms with Crippen LogP contribution in [-0.4, -0.2) is 167 Å². The normalized spacial score (nSPS) is 31.9. The van der Waals surface area contributed by atoms with Gasteiger partial charge in [0.05, 0.1) is 124 Å². The van der Waals surface area contributed by atoms with Gasteiger partial charge in [-0.05, 0) is 60.7 Å². The molecule has 12 atom stereocenters. The van der Waals surface area contributed by atoms with E-state index in [4.69, 9.17) is 48.9 Å². The van der Waals surface area contributed by atoms with Crippen molar-refractivity contribution < 1.29 is 41.3 Å². The van der Waals surface area contributed by atoms with Gasteiger partial charge in [0, 0.05) is 43.0 Å². The molecular formula is C48H49F4N13O5. The van der Waals surface area contributed by atoms with E-state index in [2.05, 4.69) is 10.3 Å². The number of benzene rings is 2. The summed E-state index contributed by atoms with van der Waals surface area (Å²) in [5.74, 6) is 1.80. The standard InChI is InChI=1S/C48H49F4N13O5/c49-34-12-30-17-67-21-38(34)62(30)44-55-42(56-45(59-44)63-31-13-35(50)39(63)22-68-18-31)25-3-7-28(8-4-25)61(48(66)54-27-2-1-11-53-16-27)29-9-5-26(6-10-29)43-57-46(64-32-14-36(51)40(64)23-69-19-32)60-47(58-43)65-33-15-37(52)41(65)24-70-20-33/h1-11,16,30-41H,12-15,17-24H2,(H,54,66). The maximum atomic E-state index is 15.3. The number of urea groups is 1. The van der Waals surface area contributed by atoms with Crippen molar-refractivity contribution in [3.8, 4) is 22.8 Å². The summed E-state index contributed by atoms with van der Waals surface area (Å²) < 4.78 is 84.3. The lowest BCUT2D eigenvalue weighted by Gasteiger charge is -2.37. The molecule has 0 saturated carbocycles. The highest BCUT2D eigenvalue weighted by Crippen LogP contribution is 2.42. The SMILES string of the molecule is O=C(Nc1cccnc1)N(c1ccc(-c2nc(N3C4COCC3C(F)C4)nc(N3C4COCC3C(F)C4)n2)cc1)c1ccc(-c2nc(N3C4COCC3C(F)C4)nc(N3C4COCC3C(F)C4)n2)cc1. The van der Waals surface area contributed by atoms with Gasteiger partial charge in [0.1, 0.15) is 24.7 Å². The number of halogens is 4. The average Bonchev–Trinajstić information content (AvgIpc) is 3.87. The Balaban J connectivity index is 0.855. The molecule has 12 unspecified atom stereocenters. The molecule has 8 bridgehead atoms. The second-order valence-electron chi connectivity index (χ2n) is 19.3. The predicted octanol–water partition coefficient (Wildman–Crippen LogP) is 5.42. The molecule has 8 aliphatic rings. The first-order chi connectivity index (χ1) is 34.2. The van der Waals surface area contributed by atoms with Crippen molar-refractivity contribution in [3.63, 3.8) is 0 Å². The van der Waals surface area contributed by atoms with Crippen molar-refractivity contribution in [3.05, 3.63) is 73.1 Å². The Bertz CT molecular complexity index is 2490. The van der Waals surface area contributed by atoms with Crippen molar-refractivity contribution in [2.75, 3.05) is 82.7 Å². The highest BCUT2D eigenvalue weighted by molar-refractivity contribution is 6.07. The minimum Gasteiger partial charge on any atom is -0.377 e. The molecule has 70 heavy (non-hydrogen) atoms. The van der Waals surface area contributed by atoms with Crippen LogP contribution in [0.1, 0.15) is 25.7 Å². The number of carbonyl (C=O) groups is 1. The van der Waals surface area contributed by atoms with Crippen molar-refractivity contribution in [2.24, 2.45) is 0 Å². The number of ether oxygens (including phenoxy) is 4. The largest absolute Gasteiger partial charge is 0.377 e. The lowest BCUT2D eigenvalue weighted by molar-refractivity contribution is 0.0808. The summed E-state index contributed by atoms with van der Waals surface area (Å²) in [7, 11) is 0. The van der Waals surface area contributed by atoms with Gasteiger partial charge in [-0.15, -0.1) is 0 Å². The molecule has 0 aliphatic carbocycles. The molecule has 3 aromatic heterocycles. The lowest BCUT2D eigenvalue weighted by Crippen LogP contribution is -2.50. The van der Waals surface area contributed by atoms with Crippen LogP contribution in [0.5, 0.6) is 0 Å². The number of anilines is 7. The number of pyridine rings is 1. The Morgan fingerprint density at radius 3 is 1.17 bits per heavy atom. The Hall–Kier alpha value is -6.36. The number of hydrogen-bond donors (Lipinski definition) is 1. The Labute approximate surface area is 399 Å². The van der Waals surface area contributed by atoms with E-state index in [1.165, 1.54) is 4.90 Å². The number of morpholine rings is 4. The predicted molar refractivity (Wildman–Crippen MR) is 247 cm³/mol. The lowest BCUT2D eigenvalue weighted by atomic mass is 10.1. The fourth-order valence-corrected chi connectivity index (χ4v) is 11.7. The molecule has 2 aromatic carbocycles. The van der Waals surface area contributed by atoms with Gasteiger partial charge in [0.25, 0.3) is 0 Å². The van der Waals surface area contributed by atoms with Crippen LogP contribution in [-0.2, 0) is 18.9 Å². The smallest absolute Gasteiger partial charge is 0.330 e. The minimum atomic E-state index is -1.12. The Morgan fingerprint density at radius 2 is 0.857 bits per heavy atom. The quantitative estimate of drug-likeness (QED) is 0.186. The van der Waals surface area contributed by atoms with Gasteiger partial charge >= 0.3 is 6.03 Å². The van der Waals surface area contributed by atoms with Crippen LogP contribution in [0.4, 0.5) is 63.2 Å². The molecule has 2 amide bonds. The number of fused-ring (bicyclic) bond motifs is 8. The molecule has 8 saturated heterocycles. The number of nitrogens with zero attached hydrogens (tertiary/aromatic N) is 12. The van der Waals surface area contributed by atoms with Crippen LogP contribution in [0.25, 0.3) is 22.8 Å². The number of hydrogen-bond acceptors (Lipinski definition) is 16. The van der Waals surface area contributed by atoms with Crippen molar-refractivity contribution >= 4 is 46.9 Å². The van der Waals surface area contributed by atoms with E-state index in [1.54, 1.807) is 73.1 Å². The van der Waals surface area contributed by atoms with Crippen molar-refractivity contribution in [1.29, 1.82) is 0 Å². The van der Waals surface area contributed by atoms with Gasteiger partial charge in [-0.1, -0.05) is 0 Å². The number of rotatable bonds is 9. The molecule has 364 valence electrons. The fourth-order valence-electron chi connectivity index (χ4n) is 11.7. The zero-order chi connectivity index (χ0) is 47.2. The third kappa shape index (κ3) is 7.52. The first-order valence-electron chi connectivity index (χ1n) is 24.0. The number of carbonyl (C=O) groups excluding carboxylic acids is 1. The molecule has 8 fully saturated rings. The van der Waals surface area contributed by atoms with E-state index < -0.39 is 54.9 Å². The monoisotopic (exact) mass is 963 g/mol. The molecule has 13 rings (SSSR count). The molecule has 8 aliphatic heterocycles. The van der Waals surface area contributed by atoms with E-state index in [0.717, 1.165) is 0 Å². The van der Waals surface area contributed by atoms with E-state index in [-0.39, 0.29) is 76.3 Å². The fraction of sp³-hybridized carbons (Fsp3) is 0.500. The molecule has 18 nitrogen and oxygen atoms in total. The number of aromatic nitrogens is 7. The second-order valence-corrected chi connectivity index (χ2v) is 19.3. The van der Waals surface area contributed by atoms with E-state index in [0.29, 0.717) is 90.1 Å². The van der Waals surface area contributed by atoms with Gasteiger partial charge in [-0.2, -0.15) is 29.9 Å². The zero-order valence-corrected chi connectivity index (χ0v) is 37.8. The highest BCUT2D eigenvalue weighted by atomic mass is 19.1. The number of alkyl halides is 4. The van der Waals surface area contributed by atoms with Crippen LogP contribution < -0.4 is 29.8 Å². The van der Waals surface area contributed by atoms with Crippen LogP contribution in [0, 0.1) is 0 Å². The summed E-state index contributed by atoms with van der Waals surface area (Å²) in [4.78, 5) is 57.0. The molecule has 1 N–H and O–H groups in total. The summed E-state index contributed by atoms with van der Waals surface area (Å²) in [5.41, 5.74) is 2.63. The van der Waals surface area contributed by atoms with E-state index in [9.17, 15) is 4.79 Å². The first kappa shape index (κ1) is 43.6. The molecule has 5 aromatic rings. The Kier molecular flexibility index (Phi) is 10.9. The van der Waals surface area contributed by atoms with Crippen molar-refractivity contribution in [1.82, 2.24) is 34.9 Å². The van der Waals surface area contributed by atoms with Crippen LogP contribution in [0.15, 0.2) is 73.1 Å². The second kappa shape index (κ2) is 17.5. The average molecular weight is 964 g/mol. The third-order valence-electron chi connectivity index (χ3n) is 15.1. The Morgan fingerprint density at radius 1 is 0.500 bits per heavy atom. The summed E-state index contributed by atoms with van der Waals surface area (Å²) in [5, 5.41) is 2.95. The molecule has 22 heteroatoms. The van der Waals surface area contributed by atoms with Crippen LogP contribution in [0.3, 0.4) is 0 Å². The summed E-state index contributed by atoms with van der Waals surface area (Å²) in [6.07, 6.45) is -0.199. The minimum absolute atomic E-state index is 0.194. The van der Waals surface area contributed by atoms with Gasteiger partial charge < -0.3 is 43.9 Å². The van der Waals surface area contributed by atoms with Crippen LogP contribution in [0.2, 0.25) is 0 Å².